The number of rotatable bonds is 10. The van der Waals surface area contributed by atoms with Crippen LogP contribution in [0.25, 0.3) is 20.5 Å². The fourth-order valence-corrected chi connectivity index (χ4v) is 5.85. The van der Waals surface area contributed by atoms with E-state index in [2.05, 4.69) is 34.5 Å². The molecule has 0 spiro atoms. The zero-order valence-corrected chi connectivity index (χ0v) is 22.2. The van der Waals surface area contributed by atoms with Crippen molar-refractivity contribution in [3.05, 3.63) is 72.0 Å². The van der Waals surface area contributed by atoms with Crippen LogP contribution in [0, 0.1) is 5.82 Å². The van der Waals surface area contributed by atoms with Crippen molar-refractivity contribution >= 4 is 27.1 Å². The van der Waals surface area contributed by atoms with Crippen LogP contribution in [0.15, 0.2) is 60.7 Å². The monoisotopic (exact) mass is 520 g/mol. The number of fused-ring (bicyclic) bond motifs is 1. The highest BCUT2D eigenvalue weighted by Crippen LogP contribution is 2.40. The quantitative estimate of drug-likeness (QED) is 0.239. The Morgan fingerprint density at radius 1 is 0.892 bits per heavy atom. The molecule has 1 aromatic heterocycles. The second-order valence-corrected chi connectivity index (χ2v) is 10.4. The van der Waals surface area contributed by atoms with Crippen LogP contribution in [0.5, 0.6) is 17.2 Å². The average Bonchev–Trinajstić information content (AvgIpc) is 3.36. The van der Waals surface area contributed by atoms with Crippen LogP contribution < -0.4 is 19.5 Å². The largest absolute Gasteiger partial charge is 0.497 e. The molecule has 0 amide bonds. The highest BCUT2D eigenvalue weighted by molar-refractivity contribution is 7.22. The summed E-state index contributed by atoms with van der Waals surface area (Å²) >= 11 is 1.71. The van der Waals surface area contributed by atoms with E-state index >= 15 is 0 Å². The number of thiophene rings is 1. The Bertz CT molecular complexity index is 1350. The predicted octanol–water partition coefficient (Wildman–Crippen LogP) is 7.20. The Hall–Kier alpha value is -3.29. The molecule has 1 N–H and O–H groups in total. The Kier molecular flexibility index (Phi) is 8.12. The van der Waals surface area contributed by atoms with Crippen LogP contribution >= 0.6 is 11.3 Å². The molecule has 194 valence electrons. The van der Waals surface area contributed by atoms with Gasteiger partial charge in [0.2, 0.25) is 0 Å². The summed E-state index contributed by atoms with van der Waals surface area (Å²) in [5, 5.41) is 4.66. The van der Waals surface area contributed by atoms with E-state index in [1.54, 1.807) is 37.7 Å². The number of piperidine rings is 1. The molecule has 5 rings (SSSR count). The Labute approximate surface area is 221 Å². The van der Waals surface area contributed by atoms with E-state index in [4.69, 9.17) is 14.2 Å². The normalized spacial score (nSPS) is 14.0. The molecule has 0 bridgehead atoms. The van der Waals surface area contributed by atoms with Crippen LogP contribution in [-0.4, -0.2) is 45.4 Å². The fraction of sp³-hybridized carbons (Fsp3) is 0.333. The number of methoxy groups -OCH3 is 2. The number of anilines is 1. The van der Waals surface area contributed by atoms with E-state index in [9.17, 15) is 4.39 Å². The maximum Gasteiger partial charge on any atom is 0.165 e. The molecule has 0 atom stereocenters. The zero-order chi connectivity index (χ0) is 25.6. The van der Waals surface area contributed by atoms with Crippen LogP contribution in [0.4, 0.5) is 10.1 Å². The highest BCUT2D eigenvalue weighted by atomic mass is 32.1. The molecule has 37 heavy (non-hydrogen) atoms. The summed E-state index contributed by atoms with van der Waals surface area (Å²) in [4.78, 5) is 3.52. The van der Waals surface area contributed by atoms with Gasteiger partial charge in [-0.05, 0) is 85.4 Å². The maximum absolute atomic E-state index is 14.8. The topological polar surface area (TPSA) is 43.0 Å². The van der Waals surface area contributed by atoms with E-state index in [0.717, 1.165) is 57.5 Å². The molecule has 0 saturated carbocycles. The minimum atomic E-state index is -0.331. The van der Waals surface area contributed by atoms with E-state index in [0.29, 0.717) is 18.9 Å². The number of ether oxygens (including phenoxy) is 3. The van der Waals surface area contributed by atoms with Crippen molar-refractivity contribution in [2.45, 2.75) is 25.8 Å². The molecular weight excluding hydrogens is 487 g/mol. The Morgan fingerprint density at radius 2 is 1.68 bits per heavy atom. The number of hydrogen-bond acceptors (Lipinski definition) is 6. The lowest BCUT2D eigenvalue weighted by molar-refractivity contribution is 0.180. The molecular formula is C30H33FN2O3S. The van der Waals surface area contributed by atoms with Gasteiger partial charge >= 0.3 is 0 Å². The lowest BCUT2D eigenvalue weighted by Gasteiger charge is -2.26. The molecule has 0 radical (unpaired) electrons. The van der Waals surface area contributed by atoms with E-state index < -0.39 is 0 Å². The van der Waals surface area contributed by atoms with Gasteiger partial charge in [-0.25, -0.2) is 4.39 Å². The summed E-state index contributed by atoms with van der Waals surface area (Å²) in [6.45, 7) is 4.04. The summed E-state index contributed by atoms with van der Waals surface area (Å²) < 4.78 is 32.6. The summed E-state index contributed by atoms with van der Waals surface area (Å²) in [6.07, 6.45) is 3.78. The minimum absolute atomic E-state index is 0.309. The van der Waals surface area contributed by atoms with Crippen LogP contribution in [0.3, 0.4) is 0 Å². The van der Waals surface area contributed by atoms with Crippen molar-refractivity contribution in [3.63, 3.8) is 0 Å². The highest BCUT2D eigenvalue weighted by Gasteiger charge is 2.13. The second kappa shape index (κ2) is 11.8. The molecule has 1 fully saturated rings. The maximum atomic E-state index is 14.8. The van der Waals surface area contributed by atoms with Gasteiger partial charge in [-0.15, -0.1) is 11.3 Å². The lowest BCUT2D eigenvalue weighted by Crippen LogP contribution is -2.33. The van der Waals surface area contributed by atoms with Gasteiger partial charge in [0.25, 0.3) is 0 Å². The molecule has 3 aromatic carbocycles. The smallest absolute Gasteiger partial charge is 0.165 e. The minimum Gasteiger partial charge on any atom is -0.497 e. The molecule has 4 aromatic rings. The zero-order valence-electron chi connectivity index (χ0n) is 21.4. The van der Waals surface area contributed by atoms with Crippen molar-refractivity contribution in [1.29, 1.82) is 0 Å². The summed E-state index contributed by atoms with van der Waals surface area (Å²) in [5.41, 5.74) is 2.84. The molecule has 7 heteroatoms. The van der Waals surface area contributed by atoms with Crippen molar-refractivity contribution in [1.82, 2.24) is 4.90 Å². The molecule has 2 heterocycles. The number of benzene rings is 3. The number of nitrogens with zero attached hydrogens (tertiary/aromatic N) is 1. The van der Waals surface area contributed by atoms with Gasteiger partial charge in [-0.1, -0.05) is 12.5 Å². The summed E-state index contributed by atoms with van der Waals surface area (Å²) in [5.74, 6) is 1.58. The Balaban J connectivity index is 1.28. The standard InChI is InChI=1S/C30H33FN2O3S/c1-34-23-9-10-25(30-17-22-7-8-24(35-2)19-29(22)37-30)27(18-23)32-20-21-6-11-28(26(31)16-21)36-15-14-33-12-4-3-5-13-33/h6-11,16-19,32H,3-5,12-15,20H2,1-2H3. The summed E-state index contributed by atoms with van der Waals surface area (Å²) in [6, 6.07) is 19.5. The van der Waals surface area contributed by atoms with Crippen molar-refractivity contribution in [2.75, 3.05) is 45.8 Å². The van der Waals surface area contributed by atoms with E-state index in [1.165, 1.54) is 24.6 Å². The van der Waals surface area contributed by atoms with E-state index in [1.807, 2.05) is 24.3 Å². The summed E-state index contributed by atoms with van der Waals surface area (Å²) in [7, 11) is 3.34. The van der Waals surface area contributed by atoms with Crippen LogP contribution in [0.1, 0.15) is 24.8 Å². The van der Waals surface area contributed by atoms with Crippen molar-refractivity contribution in [2.24, 2.45) is 0 Å². The van der Waals surface area contributed by atoms with Crippen molar-refractivity contribution < 1.29 is 18.6 Å². The third-order valence-corrected chi connectivity index (χ3v) is 7.94. The molecule has 1 aliphatic rings. The number of hydrogen-bond donors (Lipinski definition) is 1. The van der Waals surface area contributed by atoms with Gasteiger partial charge in [-0.3, -0.25) is 4.90 Å². The number of halogens is 1. The van der Waals surface area contributed by atoms with Gasteiger partial charge in [-0.2, -0.15) is 0 Å². The number of nitrogens with one attached hydrogen (secondary N) is 1. The third kappa shape index (κ3) is 6.17. The first kappa shape index (κ1) is 25.4. The Morgan fingerprint density at radius 3 is 2.46 bits per heavy atom. The second-order valence-electron chi connectivity index (χ2n) is 9.30. The molecule has 0 aliphatic carbocycles. The molecule has 1 aliphatic heterocycles. The first-order chi connectivity index (χ1) is 18.1. The van der Waals surface area contributed by atoms with Gasteiger partial charge in [0.1, 0.15) is 18.1 Å². The SMILES string of the molecule is COc1ccc(-c2cc3ccc(OC)cc3s2)c(NCc2ccc(OCCN3CCCCC3)c(F)c2)c1. The van der Waals surface area contributed by atoms with E-state index in [-0.39, 0.29) is 5.82 Å². The van der Waals surface area contributed by atoms with Gasteiger partial charge in [0.05, 0.1) is 14.2 Å². The average molecular weight is 521 g/mol. The first-order valence-corrected chi connectivity index (χ1v) is 13.6. The fourth-order valence-electron chi connectivity index (χ4n) is 4.72. The van der Waals surface area contributed by atoms with Gasteiger partial charge in [0, 0.05) is 40.0 Å². The van der Waals surface area contributed by atoms with Gasteiger partial charge in [0.15, 0.2) is 11.6 Å². The first-order valence-electron chi connectivity index (χ1n) is 12.8. The third-order valence-electron chi connectivity index (χ3n) is 6.81. The molecule has 0 unspecified atom stereocenters. The van der Waals surface area contributed by atoms with Crippen LogP contribution in [0.2, 0.25) is 0 Å². The predicted molar refractivity (Wildman–Crippen MR) is 150 cm³/mol. The van der Waals surface area contributed by atoms with Crippen LogP contribution in [-0.2, 0) is 6.54 Å². The number of likely N-dealkylation sites (tertiary alicyclic amines) is 1. The lowest BCUT2D eigenvalue weighted by atomic mass is 10.1. The van der Waals surface area contributed by atoms with Gasteiger partial charge < -0.3 is 19.5 Å². The molecule has 5 nitrogen and oxygen atoms in total. The molecule has 1 saturated heterocycles. The van der Waals surface area contributed by atoms with Crippen molar-refractivity contribution in [3.8, 4) is 27.7 Å².